The largest absolute Gasteiger partial charge is 0.497 e. The highest BCUT2D eigenvalue weighted by Crippen LogP contribution is 2.37. The number of aliphatic hydroxyl groups excluding tert-OH is 1. The summed E-state index contributed by atoms with van der Waals surface area (Å²) in [6.07, 6.45) is -2.08. The molecule has 0 spiro atoms. The van der Waals surface area contributed by atoms with Gasteiger partial charge >= 0.3 is 5.97 Å². The fourth-order valence-electron chi connectivity index (χ4n) is 2.82. The van der Waals surface area contributed by atoms with Gasteiger partial charge in [-0.25, -0.2) is 4.79 Å². The molecule has 172 valence electrons. The summed E-state index contributed by atoms with van der Waals surface area (Å²) in [5.41, 5.74) is 4.48. The van der Waals surface area contributed by atoms with Gasteiger partial charge in [-0.1, -0.05) is 57.7 Å². The van der Waals surface area contributed by atoms with E-state index in [0.717, 1.165) is 5.56 Å². The van der Waals surface area contributed by atoms with E-state index in [2.05, 4.69) is 46.2 Å². The summed E-state index contributed by atoms with van der Waals surface area (Å²) in [5.74, 6) is 0.0737. The second-order valence-electron chi connectivity index (χ2n) is 9.15. The molecule has 2 atom stereocenters. The highest BCUT2D eigenvalue weighted by Gasteiger charge is 2.39. The van der Waals surface area contributed by atoms with E-state index in [1.54, 1.807) is 31.4 Å². The van der Waals surface area contributed by atoms with E-state index < -0.39 is 26.5 Å². The van der Waals surface area contributed by atoms with Crippen LogP contribution in [0.4, 0.5) is 0 Å². The van der Waals surface area contributed by atoms with Crippen LogP contribution in [0.15, 0.2) is 66.9 Å². The molecule has 0 saturated carbocycles. The Hall–Kier alpha value is -2.63. The number of methoxy groups -OCH3 is 1. The number of hydrogen-bond donors (Lipinski definition) is 1. The molecule has 1 N–H and O–H groups in total. The summed E-state index contributed by atoms with van der Waals surface area (Å²) in [6, 6.07) is 16.0. The number of ether oxygens (including phenoxy) is 2. The molecule has 0 aliphatic heterocycles. The average Bonchev–Trinajstić information content (AvgIpc) is 2.77. The lowest BCUT2D eigenvalue weighted by Gasteiger charge is -2.37. The van der Waals surface area contributed by atoms with Crippen LogP contribution in [-0.2, 0) is 9.16 Å². The summed E-state index contributed by atoms with van der Waals surface area (Å²) in [6.45, 7) is 14.4. The summed E-state index contributed by atoms with van der Waals surface area (Å²) < 4.78 is 17.1. The predicted octanol–water partition coefficient (Wildman–Crippen LogP) is 5.47. The van der Waals surface area contributed by atoms with Crippen LogP contribution in [-0.4, -0.2) is 45.3 Å². The Balaban J connectivity index is 2.31. The molecule has 0 bridgehead atoms. The van der Waals surface area contributed by atoms with E-state index in [9.17, 15) is 9.90 Å². The van der Waals surface area contributed by atoms with Gasteiger partial charge in [0.05, 0.1) is 19.3 Å². The predicted molar refractivity (Wildman–Crippen MR) is 130 cm³/mol. The third-order valence-corrected chi connectivity index (χ3v) is 10.4. The molecule has 0 aromatic heterocycles. The number of carbonyl (C=O) groups is 1. The van der Waals surface area contributed by atoms with Crippen molar-refractivity contribution in [1.82, 2.24) is 0 Å². The summed E-state index contributed by atoms with van der Waals surface area (Å²) in [4.78, 5) is 12.9. The smallest absolute Gasteiger partial charge is 0.338 e. The first-order valence-electron chi connectivity index (χ1n) is 10.6. The van der Waals surface area contributed by atoms with Crippen molar-refractivity contribution >= 4 is 19.9 Å². The highest BCUT2D eigenvalue weighted by atomic mass is 28.4. The second-order valence-corrected chi connectivity index (χ2v) is 14.0. The third-order valence-electron chi connectivity index (χ3n) is 5.89. The van der Waals surface area contributed by atoms with Crippen molar-refractivity contribution < 1.29 is 23.8 Å². The summed E-state index contributed by atoms with van der Waals surface area (Å²) >= 11 is 0. The molecular formula is C26H34O5Si. The minimum Gasteiger partial charge on any atom is -0.497 e. The Kier molecular flexibility index (Phi) is 8.64. The molecule has 32 heavy (non-hydrogen) atoms. The van der Waals surface area contributed by atoms with Gasteiger partial charge < -0.3 is 19.0 Å². The summed E-state index contributed by atoms with van der Waals surface area (Å²) in [7, 11) is -0.553. The maximum absolute atomic E-state index is 12.9. The molecule has 2 aromatic rings. The Morgan fingerprint density at radius 3 is 2.16 bits per heavy atom. The standard InChI is InChI=1S/C26H34O5Si/c1-8-22(19-12-10-9-11-13-19)24(23(27)18-30-32(6,7)26(2,3)4)31-25(28)20-14-16-21(29-5)17-15-20/h9-17,23-24,27H,1,18H2,2-7H3/t23-,24+/m1/s1. The molecule has 2 rings (SSSR count). The molecule has 0 unspecified atom stereocenters. The zero-order valence-corrected chi connectivity index (χ0v) is 20.8. The van der Waals surface area contributed by atoms with Gasteiger partial charge in [-0.15, -0.1) is 5.73 Å². The van der Waals surface area contributed by atoms with E-state index in [0.29, 0.717) is 16.9 Å². The lowest BCUT2D eigenvalue weighted by Crippen LogP contribution is -2.45. The van der Waals surface area contributed by atoms with Gasteiger partial charge in [0.2, 0.25) is 0 Å². The first-order valence-corrected chi connectivity index (χ1v) is 13.5. The minimum atomic E-state index is -2.11. The van der Waals surface area contributed by atoms with Gasteiger partial charge in [0, 0.05) is 5.57 Å². The molecule has 2 aromatic carbocycles. The summed E-state index contributed by atoms with van der Waals surface area (Å²) in [5, 5.41) is 11.1. The molecule has 0 radical (unpaired) electrons. The van der Waals surface area contributed by atoms with Gasteiger partial charge in [0.25, 0.3) is 0 Å². The van der Waals surface area contributed by atoms with E-state index in [1.807, 2.05) is 30.3 Å². The van der Waals surface area contributed by atoms with Crippen LogP contribution in [0.1, 0.15) is 36.7 Å². The lowest BCUT2D eigenvalue weighted by molar-refractivity contribution is -0.0126. The van der Waals surface area contributed by atoms with E-state index in [1.165, 1.54) is 0 Å². The Morgan fingerprint density at radius 2 is 1.66 bits per heavy atom. The number of aliphatic hydroxyl groups is 1. The zero-order valence-electron chi connectivity index (χ0n) is 19.8. The highest BCUT2D eigenvalue weighted by molar-refractivity contribution is 6.74. The number of carbonyl (C=O) groups excluding carboxylic acids is 1. The van der Waals surface area contributed by atoms with Crippen LogP contribution in [0.2, 0.25) is 18.1 Å². The SMILES string of the molecule is C=C=C(c1ccccc1)[C@H](OC(=O)c1ccc(OC)cc1)[C@H](O)CO[Si](C)(C)C(C)(C)C. The molecule has 0 amide bonds. The third kappa shape index (κ3) is 6.44. The molecule has 0 aliphatic rings. The molecule has 6 heteroatoms. The quantitative estimate of drug-likeness (QED) is 0.309. The normalized spacial score (nSPS) is 13.6. The first kappa shape index (κ1) is 25.6. The van der Waals surface area contributed by atoms with E-state index in [4.69, 9.17) is 13.9 Å². The van der Waals surface area contributed by atoms with Crippen molar-refractivity contribution in [2.45, 2.75) is 51.1 Å². The fourth-order valence-corrected chi connectivity index (χ4v) is 3.84. The van der Waals surface area contributed by atoms with Gasteiger partial charge in [-0.2, -0.15) is 0 Å². The van der Waals surface area contributed by atoms with Crippen LogP contribution in [0.25, 0.3) is 5.57 Å². The van der Waals surface area contributed by atoms with Crippen LogP contribution < -0.4 is 4.74 Å². The van der Waals surface area contributed by atoms with Gasteiger partial charge in [0.15, 0.2) is 14.4 Å². The molecule has 5 nitrogen and oxygen atoms in total. The second kappa shape index (κ2) is 10.8. The monoisotopic (exact) mass is 454 g/mol. The number of esters is 1. The first-order chi connectivity index (χ1) is 15.0. The molecule has 0 aliphatic carbocycles. The van der Waals surface area contributed by atoms with Gasteiger partial charge in [-0.05, 0) is 48.0 Å². The lowest BCUT2D eigenvalue weighted by atomic mass is 9.97. The molecule has 0 saturated heterocycles. The molecule has 0 fully saturated rings. The van der Waals surface area contributed by atoms with E-state index >= 15 is 0 Å². The van der Waals surface area contributed by atoms with Crippen molar-refractivity contribution in [2.75, 3.05) is 13.7 Å². The topological polar surface area (TPSA) is 65.0 Å². The molecule has 0 heterocycles. The Labute approximate surface area is 192 Å². The Bertz CT molecular complexity index is 938. The maximum Gasteiger partial charge on any atom is 0.338 e. The van der Waals surface area contributed by atoms with Crippen LogP contribution in [0.3, 0.4) is 0 Å². The number of hydrogen-bond acceptors (Lipinski definition) is 5. The van der Waals surface area contributed by atoms with Gasteiger partial charge in [0.1, 0.15) is 11.9 Å². The average molecular weight is 455 g/mol. The van der Waals surface area contributed by atoms with Crippen LogP contribution in [0, 0.1) is 0 Å². The fraction of sp³-hybridized carbons (Fsp3) is 0.385. The minimum absolute atomic E-state index is 0.0154. The number of benzene rings is 2. The zero-order chi connectivity index (χ0) is 23.9. The van der Waals surface area contributed by atoms with Crippen molar-refractivity contribution in [3.63, 3.8) is 0 Å². The number of rotatable bonds is 9. The van der Waals surface area contributed by atoms with Crippen LogP contribution >= 0.6 is 0 Å². The van der Waals surface area contributed by atoms with Crippen molar-refractivity contribution in [3.8, 4) is 5.75 Å². The van der Waals surface area contributed by atoms with Crippen LogP contribution in [0.5, 0.6) is 5.75 Å². The molecular weight excluding hydrogens is 420 g/mol. The van der Waals surface area contributed by atoms with Crippen molar-refractivity contribution in [3.05, 3.63) is 78.0 Å². The Morgan fingerprint density at radius 1 is 1.06 bits per heavy atom. The van der Waals surface area contributed by atoms with Crippen molar-refractivity contribution in [2.24, 2.45) is 0 Å². The maximum atomic E-state index is 12.9. The van der Waals surface area contributed by atoms with E-state index in [-0.39, 0.29) is 11.6 Å². The van der Waals surface area contributed by atoms with Crippen molar-refractivity contribution in [1.29, 1.82) is 0 Å². The van der Waals surface area contributed by atoms with Gasteiger partial charge in [-0.3, -0.25) is 0 Å².